The molecule has 0 bridgehead atoms. The van der Waals surface area contributed by atoms with Gasteiger partial charge in [-0.1, -0.05) is 25.1 Å². The Labute approximate surface area is 250 Å². The fourth-order valence-electron chi connectivity index (χ4n) is 5.01. The highest BCUT2D eigenvalue weighted by atomic mass is 16.5. The number of ether oxygens (including phenoxy) is 1. The number of anilines is 1. The smallest absolute Gasteiger partial charge is 0.339 e. The Hall–Kier alpha value is -4.63. The first kappa shape index (κ1) is 29.8. The zero-order valence-electron chi connectivity index (χ0n) is 25.1. The number of likely N-dealkylation sites (N-methyl/N-ethyl adjacent to an activating group) is 2. The van der Waals surface area contributed by atoms with E-state index in [1.54, 1.807) is 44.4 Å². The summed E-state index contributed by atoms with van der Waals surface area (Å²) >= 11 is 0. The number of fused-ring (bicyclic) bond motifs is 1. The van der Waals surface area contributed by atoms with Crippen molar-refractivity contribution in [2.24, 2.45) is 10.7 Å². The molecular formula is C33H38N6O4. The van der Waals surface area contributed by atoms with Gasteiger partial charge in [0, 0.05) is 37.2 Å². The molecule has 43 heavy (non-hydrogen) atoms. The van der Waals surface area contributed by atoms with Crippen molar-refractivity contribution in [3.8, 4) is 17.1 Å². The van der Waals surface area contributed by atoms with Crippen LogP contribution >= 0.6 is 0 Å². The molecule has 2 N–H and O–H groups in total. The fraction of sp³-hybridized carbons (Fsp3) is 0.333. The molecule has 0 radical (unpaired) electrons. The molecule has 1 aliphatic heterocycles. The normalized spacial score (nSPS) is 15.8. The molecule has 0 spiro atoms. The Morgan fingerprint density at radius 3 is 2.65 bits per heavy atom. The molecule has 1 aromatic heterocycles. The number of carbonyl (C=O) groups is 1. The second-order valence-corrected chi connectivity index (χ2v) is 11.2. The summed E-state index contributed by atoms with van der Waals surface area (Å²) in [7, 11) is 3.30. The summed E-state index contributed by atoms with van der Waals surface area (Å²) in [5.41, 5.74) is 12.4. The molecule has 1 amide bonds. The predicted octanol–water partition coefficient (Wildman–Crippen LogP) is 3.19. The quantitative estimate of drug-likeness (QED) is 0.123. The van der Waals surface area contributed by atoms with Gasteiger partial charge in [-0.3, -0.25) is 9.36 Å². The molecule has 1 aliphatic carbocycles. The van der Waals surface area contributed by atoms with Crippen molar-refractivity contribution in [2.75, 3.05) is 32.1 Å². The van der Waals surface area contributed by atoms with E-state index < -0.39 is 0 Å². The summed E-state index contributed by atoms with van der Waals surface area (Å²) < 4.78 is 8.47. The Morgan fingerprint density at radius 1 is 1.21 bits per heavy atom. The van der Waals surface area contributed by atoms with Crippen LogP contribution in [0.5, 0.6) is 5.75 Å². The number of hydrogen-bond donors (Lipinski definition) is 1. The lowest BCUT2D eigenvalue weighted by atomic mass is 10.2. The average molecular weight is 583 g/mol. The molecule has 1 unspecified atom stereocenters. The number of hydroxylamine groups is 3. The third-order valence-corrected chi connectivity index (χ3v) is 7.87. The lowest BCUT2D eigenvalue weighted by Gasteiger charge is -2.38. The van der Waals surface area contributed by atoms with Crippen LogP contribution in [0.15, 0.2) is 88.0 Å². The van der Waals surface area contributed by atoms with Gasteiger partial charge in [-0.15, -0.1) is 0 Å². The van der Waals surface area contributed by atoms with Crippen molar-refractivity contribution in [1.29, 1.82) is 0 Å². The fourth-order valence-corrected chi connectivity index (χ4v) is 5.01. The number of nitrogens with two attached hydrogens (primary N) is 1. The van der Waals surface area contributed by atoms with Crippen LogP contribution < -0.4 is 31.9 Å². The first-order valence-corrected chi connectivity index (χ1v) is 14.6. The van der Waals surface area contributed by atoms with Gasteiger partial charge in [0.05, 0.1) is 49.5 Å². The maximum atomic E-state index is 14.1. The van der Waals surface area contributed by atoms with E-state index in [-0.39, 0.29) is 28.8 Å². The number of benzene rings is 2. The van der Waals surface area contributed by atoms with Gasteiger partial charge in [-0.05, 0) is 61.9 Å². The van der Waals surface area contributed by atoms with Crippen molar-refractivity contribution in [2.45, 2.75) is 45.6 Å². The first-order valence-electron chi connectivity index (χ1n) is 14.6. The summed E-state index contributed by atoms with van der Waals surface area (Å²) in [5.74, 6) is 0.443. The Morgan fingerprint density at radius 2 is 1.95 bits per heavy atom. The molecule has 5 rings (SSSR count). The number of imidazole rings is 1. The first-order chi connectivity index (χ1) is 20.6. The van der Waals surface area contributed by atoms with E-state index in [1.807, 2.05) is 31.2 Å². The molecular weight excluding hydrogens is 544 g/mol. The average Bonchev–Trinajstić information content (AvgIpc) is 3.83. The van der Waals surface area contributed by atoms with Crippen molar-refractivity contribution in [1.82, 2.24) is 9.13 Å². The lowest BCUT2D eigenvalue weighted by molar-refractivity contribution is -0.865. The van der Waals surface area contributed by atoms with Crippen LogP contribution in [-0.4, -0.2) is 53.0 Å². The molecule has 0 saturated heterocycles. The van der Waals surface area contributed by atoms with Crippen molar-refractivity contribution in [3.63, 3.8) is 0 Å². The summed E-state index contributed by atoms with van der Waals surface area (Å²) in [4.78, 5) is 33.2. The minimum Gasteiger partial charge on any atom is -0.633 e. The Balaban J connectivity index is 1.53. The zero-order valence-corrected chi connectivity index (χ0v) is 25.1. The maximum Gasteiger partial charge on any atom is 0.339 e. The molecule has 10 nitrogen and oxygen atoms in total. The van der Waals surface area contributed by atoms with Gasteiger partial charge in [0.2, 0.25) is 0 Å². The molecule has 1 fully saturated rings. The summed E-state index contributed by atoms with van der Waals surface area (Å²) in [6, 6.07) is 14.5. The third kappa shape index (κ3) is 6.27. The van der Waals surface area contributed by atoms with Gasteiger partial charge in [0.15, 0.2) is 5.49 Å². The van der Waals surface area contributed by atoms with E-state index >= 15 is 0 Å². The number of nitrogens with zero attached hydrogens (tertiary/aromatic N) is 5. The van der Waals surface area contributed by atoms with Crippen molar-refractivity contribution < 1.29 is 14.2 Å². The number of aromatic nitrogens is 2. The van der Waals surface area contributed by atoms with E-state index in [1.165, 1.54) is 26.3 Å². The standard InChI is InChI=1S/C33H38N6O4/c1-5-6-21-43-28-16-12-24(13-17-28)37-31-30(34)23(2)18-19-35-32(31)38(33(37)41)26-10-7-9-25(22-26)36(3)29(40)11-8-20-39(4,42)27-14-15-27/h7-13,16-17,19,22,27H,5-6,14-15,20-21,34H2,1-4H3/b11-8+. The monoisotopic (exact) mass is 582 g/mol. The topological polar surface area (TPSA) is 118 Å². The second kappa shape index (κ2) is 12.3. The minimum atomic E-state index is -0.366. The molecule has 224 valence electrons. The van der Waals surface area contributed by atoms with E-state index in [9.17, 15) is 14.8 Å². The Kier molecular flexibility index (Phi) is 8.54. The van der Waals surface area contributed by atoms with E-state index in [0.29, 0.717) is 45.8 Å². The maximum absolute atomic E-state index is 14.1. The van der Waals surface area contributed by atoms with Crippen molar-refractivity contribution in [3.05, 3.63) is 105 Å². The summed E-state index contributed by atoms with van der Waals surface area (Å²) in [6.07, 6.45) is 8.43. The molecule has 3 aromatic rings. The van der Waals surface area contributed by atoms with Crippen LogP contribution in [0.2, 0.25) is 0 Å². The molecule has 2 aliphatic rings. The number of unbranched alkanes of at least 4 members (excludes halogenated alkanes) is 1. The molecule has 2 heterocycles. The van der Waals surface area contributed by atoms with E-state index in [4.69, 9.17) is 10.5 Å². The van der Waals surface area contributed by atoms with Gasteiger partial charge >= 0.3 is 5.69 Å². The SMILES string of the molecule is CCCCOc1ccc(-n2c3c(n(-c4cccc(N(C)C(=O)/C=C/C[N+](C)([O-])C5CC5)c4)c2=O)=NC=C=C(C)C=3N)cc1. The van der Waals surface area contributed by atoms with Gasteiger partial charge < -0.3 is 25.2 Å². The molecule has 10 heteroatoms. The number of rotatable bonds is 11. The van der Waals surface area contributed by atoms with E-state index in [2.05, 4.69) is 17.6 Å². The highest BCUT2D eigenvalue weighted by Crippen LogP contribution is 2.31. The van der Waals surface area contributed by atoms with Gasteiger partial charge in [-0.2, -0.15) is 0 Å². The van der Waals surface area contributed by atoms with Crippen molar-refractivity contribution >= 4 is 17.3 Å². The largest absolute Gasteiger partial charge is 0.633 e. The zero-order chi connectivity index (χ0) is 30.7. The van der Waals surface area contributed by atoms with Crippen LogP contribution in [0.4, 0.5) is 5.69 Å². The van der Waals surface area contributed by atoms with Crippen LogP contribution in [0, 0.1) is 5.21 Å². The molecule has 1 saturated carbocycles. The van der Waals surface area contributed by atoms with E-state index in [0.717, 1.165) is 31.4 Å². The van der Waals surface area contributed by atoms with Gasteiger partial charge in [-0.25, -0.2) is 14.4 Å². The number of amides is 1. The van der Waals surface area contributed by atoms with Crippen LogP contribution in [-0.2, 0) is 4.79 Å². The minimum absolute atomic E-state index is 0.123. The summed E-state index contributed by atoms with van der Waals surface area (Å²) in [6.45, 7) is 4.79. The second-order valence-electron chi connectivity index (χ2n) is 11.2. The third-order valence-electron chi connectivity index (χ3n) is 7.87. The van der Waals surface area contributed by atoms with Crippen LogP contribution in [0.1, 0.15) is 39.5 Å². The van der Waals surface area contributed by atoms with Crippen LogP contribution in [0.25, 0.3) is 17.1 Å². The lowest BCUT2D eigenvalue weighted by Crippen LogP contribution is -2.40. The molecule has 1 atom stereocenters. The number of quaternary nitrogens is 1. The van der Waals surface area contributed by atoms with Gasteiger partial charge in [0.25, 0.3) is 5.91 Å². The highest BCUT2D eigenvalue weighted by Gasteiger charge is 2.34. The summed E-state index contributed by atoms with van der Waals surface area (Å²) in [5, 5.41) is 13.0. The highest BCUT2D eigenvalue weighted by molar-refractivity contribution is 6.01. The van der Waals surface area contributed by atoms with Gasteiger partial charge in [0.1, 0.15) is 11.1 Å². The molecule has 2 aromatic carbocycles. The van der Waals surface area contributed by atoms with Crippen LogP contribution in [0.3, 0.4) is 0 Å². The number of carbonyl (C=O) groups excluding carboxylic acids is 1. The number of hydrogen-bond acceptors (Lipinski definition) is 6. The predicted molar refractivity (Wildman–Crippen MR) is 167 cm³/mol. The Bertz CT molecular complexity index is 1800.